The van der Waals surface area contributed by atoms with E-state index in [1.807, 2.05) is 42.5 Å². The maximum absolute atomic E-state index is 12.7. The van der Waals surface area contributed by atoms with Crippen LogP contribution < -0.4 is 11.0 Å². The lowest BCUT2D eigenvalue weighted by Crippen LogP contribution is -2.30. The van der Waals surface area contributed by atoms with Crippen LogP contribution in [0.4, 0.5) is 0 Å². The number of nitrogens with zero attached hydrogens (tertiary/aromatic N) is 2. The molecule has 0 bridgehead atoms. The third kappa shape index (κ3) is 5.21. The van der Waals surface area contributed by atoms with E-state index in [0.717, 1.165) is 11.1 Å². The minimum Gasteiger partial charge on any atom is -0.310 e. The summed E-state index contributed by atoms with van der Waals surface area (Å²) in [5.74, 6) is -0.106. The molecule has 6 heteroatoms. The van der Waals surface area contributed by atoms with Gasteiger partial charge < -0.3 is 4.57 Å². The Hall–Kier alpha value is -3.18. The van der Waals surface area contributed by atoms with Crippen LogP contribution in [0, 0.1) is 0 Å². The summed E-state index contributed by atoms with van der Waals surface area (Å²) in [7, 11) is 0. The molecule has 0 aliphatic carbocycles. The molecule has 29 heavy (non-hydrogen) atoms. The van der Waals surface area contributed by atoms with Crippen LogP contribution in [0.15, 0.2) is 76.8 Å². The van der Waals surface area contributed by atoms with E-state index in [0.29, 0.717) is 10.9 Å². The third-order valence-corrected chi connectivity index (χ3v) is 4.91. The van der Waals surface area contributed by atoms with Crippen LogP contribution in [0.2, 0.25) is 5.02 Å². The zero-order valence-electron chi connectivity index (χ0n) is 16.3. The molecule has 0 aliphatic heterocycles. The molecule has 0 aliphatic rings. The molecule has 0 atom stereocenters. The Morgan fingerprint density at radius 1 is 1.10 bits per heavy atom. The smallest absolute Gasteiger partial charge is 0.276 e. The van der Waals surface area contributed by atoms with Gasteiger partial charge in [0, 0.05) is 11.2 Å². The standard InChI is InChI=1S/C23H22ClN3O2/c1-16(2)18-11-9-17(10-12-18)14-25-26-22(28)20-7-5-13-27(23(20)29)15-19-6-3-4-8-21(19)24/h3-14,16H,15H2,1-2H3,(H,26,28)/b25-14-. The minimum atomic E-state index is -0.557. The number of carbonyl (C=O) groups excluding carboxylic acids is 1. The van der Waals surface area contributed by atoms with E-state index >= 15 is 0 Å². The first-order valence-corrected chi connectivity index (χ1v) is 9.69. The van der Waals surface area contributed by atoms with Crippen molar-refractivity contribution in [3.63, 3.8) is 0 Å². The Bertz CT molecular complexity index is 1090. The summed E-state index contributed by atoms with van der Waals surface area (Å²) < 4.78 is 1.45. The molecule has 0 spiro atoms. The maximum Gasteiger partial charge on any atom is 0.276 e. The fourth-order valence-corrected chi connectivity index (χ4v) is 3.03. The van der Waals surface area contributed by atoms with E-state index in [2.05, 4.69) is 24.4 Å². The van der Waals surface area contributed by atoms with Crippen molar-refractivity contribution in [2.75, 3.05) is 0 Å². The first-order valence-electron chi connectivity index (χ1n) is 9.32. The van der Waals surface area contributed by atoms with Crippen molar-refractivity contribution in [2.24, 2.45) is 5.10 Å². The number of rotatable bonds is 6. The first-order chi connectivity index (χ1) is 14.0. The van der Waals surface area contributed by atoms with Gasteiger partial charge in [-0.1, -0.05) is 67.9 Å². The number of hydrogen-bond donors (Lipinski definition) is 1. The lowest BCUT2D eigenvalue weighted by atomic mass is 10.0. The van der Waals surface area contributed by atoms with E-state index in [-0.39, 0.29) is 12.1 Å². The van der Waals surface area contributed by atoms with Gasteiger partial charge in [0.25, 0.3) is 11.5 Å². The fraction of sp³-hybridized carbons (Fsp3) is 0.174. The molecule has 1 heterocycles. The van der Waals surface area contributed by atoms with Crippen molar-refractivity contribution in [2.45, 2.75) is 26.3 Å². The van der Waals surface area contributed by atoms with Crippen LogP contribution in [-0.4, -0.2) is 16.7 Å². The van der Waals surface area contributed by atoms with E-state index in [9.17, 15) is 9.59 Å². The average Bonchev–Trinajstić information content (AvgIpc) is 2.71. The average molecular weight is 408 g/mol. The summed E-state index contributed by atoms with van der Waals surface area (Å²) in [5.41, 5.74) is 4.93. The molecule has 3 aromatic rings. The predicted octanol–water partition coefficient (Wildman–Crippen LogP) is 4.44. The number of hydrazone groups is 1. The maximum atomic E-state index is 12.7. The number of halogens is 1. The molecule has 0 radical (unpaired) electrons. The first kappa shape index (κ1) is 20.6. The van der Waals surface area contributed by atoms with Crippen molar-refractivity contribution in [1.29, 1.82) is 0 Å². The molecular weight excluding hydrogens is 386 g/mol. The summed E-state index contributed by atoms with van der Waals surface area (Å²) in [6.07, 6.45) is 3.18. The number of aromatic nitrogens is 1. The van der Waals surface area contributed by atoms with Gasteiger partial charge in [-0.15, -0.1) is 0 Å². The fourth-order valence-electron chi connectivity index (χ4n) is 2.84. The molecule has 2 aromatic carbocycles. The van der Waals surface area contributed by atoms with Gasteiger partial charge in [-0.2, -0.15) is 5.10 Å². The molecule has 0 fully saturated rings. The third-order valence-electron chi connectivity index (χ3n) is 4.55. The Kier molecular flexibility index (Phi) is 6.62. The highest BCUT2D eigenvalue weighted by atomic mass is 35.5. The molecule has 1 aromatic heterocycles. The van der Waals surface area contributed by atoms with Crippen molar-refractivity contribution in [3.8, 4) is 0 Å². The monoisotopic (exact) mass is 407 g/mol. The molecule has 1 amide bonds. The highest BCUT2D eigenvalue weighted by Gasteiger charge is 2.12. The minimum absolute atomic E-state index is 0.0202. The number of amides is 1. The van der Waals surface area contributed by atoms with Gasteiger partial charge in [-0.05, 0) is 40.8 Å². The van der Waals surface area contributed by atoms with E-state index < -0.39 is 11.5 Å². The summed E-state index contributed by atoms with van der Waals surface area (Å²) in [4.78, 5) is 25.1. The van der Waals surface area contributed by atoms with E-state index in [4.69, 9.17) is 11.6 Å². The zero-order chi connectivity index (χ0) is 20.8. The predicted molar refractivity (Wildman–Crippen MR) is 117 cm³/mol. The van der Waals surface area contributed by atoms with Crippen LogP contribution >= 0.6 is 11.6 Å². The second-order valence-corrected chi connectivity index (χ2v) is 7.37. The van der Waals surface area contributed by atoms with Gasteiger partial charge in [-0.25, -0.2) is 5.43 Å². The molecule has 5 nitrogen and oxygen atoms in total. The van der Waals surface area contributed by atoms with Crippen molar-refractivity contribution >= 4 is 23.7 Å². The Morgan fingerprint density at radius 3 is 2.52 bits per heavy atom. The topological polar surface area (TPSA) is 63.5 Å². The lowest BCUT2D eigenvalue weighted by molar-refractivity contribution is 0.0953. The van der Waals surface area contributed by atoms with Crippen LogP contribution in [0.25, 0.3) is 0 Å². The van der Waals surface area contributed by atoms with Gasteiger partial charge in [0.15, 0.2) is 0 Å². The number of carbonyl (C=O) groups is 1. The number of hydrogen-bond acceptors (Lipinski definition) is 3. The van der Waals surface area contributed by atoms with Gasteiger partial charge in [0.05, 0.1) is 12.8 Å². The molecule has 1 N–H and O–H groups in total. The molecule has 0 saturated carbocycles. The molecule has 3 rings (SSSR count). The highest BCUT2D eigenvalue weighted by Crippen LogP contribution is 2.16. The van der Waals surface area contributed by atoms with Crippen molar-refractivity contribution in [1.82, 2.24) is 9.99 Å². The van der Waals surface area contributed by atoms with Crippen LogP contribution in [0.3, 0.4) is 0 Å². The molecule has 0 saturated heterocycles. The van der Waals surface area contributed by atoms with Crippen molar-refractivity contribution in [3.05, 3.63) is 104 Å². The quantitative estimate of drug-likeness (QED) is 0.485. The Balaban J connectivity index is 1.71. The largest absolute Gasteiger partial charge is 0.310 e. The second-order valence-electron chi connectivity index (χ2n) is 6.97. The summed E-state index contributed by atoms with van der Waals surface area (Å²) in [5, 5.41) is 4.54. The number of nitrogens with one attached hydrogen (secondary N) is 1. The van der Waals surface area contributed by atoms with Gasteiger partial charge in [-0.3, -0.25) is 9.59 Å². The Morgan fingerprint density at radius 2 is 1.83 bits per heavy atom. The van der Waals surface area contributed by atoms with Crippen LogP contribution in [-0.2, 0) is 6.54 Å². The van der Waals surface area contributed by atoms with E-state index in [1.165, 1.54) is 16.2 Å². The van der Waals surface area contributed by atoms with E-state index in [1.54, 1.807) is 24.5 Å². The molecule has 148 valence electrons. The summed E-state index contributed by atoms with van der Waals surface area (Å²) >= 11 is 6.17. The van der Waals surface area contributed by atoms with Crippen molar-refractivity contribution < 1.29 is 4.79 Å². The Labute approximate surface area is 174 Å². The second kappa shape index (κ2) is 9.34. The zero-order valence-corrected chi connectivity index (χ0v) is 17.1. The molecular formula is C23H22ClN3O2. The van der Waals surface area contributed by atoms with Crippen LogP contribution in [0.1, 0.15) is 46.8 Å². The summed E-state index contributed by atoms with van der Waals surface area (Å²) in [6.45, 7) is 4.54. The highest BCUT2D eigenvalue weighted by molar-refractivity contribution is 6.31. The lowest BCUT2D eigenvalue weighted by Gasteiger charge is -2.09. The van der Waals surface area contributed by atoms with Gasteiger partial charge >= 0.3 is 0 Å². The number of pyridine rings is 1. The normalized spacial score (nSPS) is 11.2. The van der Waals surface area contributed by atoms with Crippen LogP contribution in [0.5, 0.6) is 0 Å². The SMILES string of the molecule is CC(C)c1ccc(/C=N\NC(=O)c2cccn(Cc3ccccc3Cl)c2=O)cc1. The summed E-state index contributed by atoms with van der Waals surface area (Å²) in [6, 6.07) is 18.3. The van der Waals surface area contributed by atoms with Gasteiger partial charge in [0.1, 0.15) is 5.56 Å². The molecule has 0 unspecified atom stereocenters. The van der Waals surface area contributed by atoms with Gasteiger partial charge in [0.2, 0.25) is 0 Å². The number of benzene rings is 2.